The SMILES string of the molecule is CCC(CC)(C(=O)CCCOC)N1CCCC1. The Morgan fingerprint density at radius 2 is 1.82 bits per heavy atom. The number of ether oxygens (including phenoxy) is 1. The molecule has 3 nitrogen and oxygen atoms in total. The Hall–Kier alpha value is -0.410. The molecule has 1 fully saturated rings. The second-order valence-corrected chi connectivity index (χ2v) is 4.95. The largest absolute Gasteiger partial charge is 0.385 e. The third-order valence-corrected chi connectivity index (χ3v) is 4.15. The molecule has 0 N–H and O–H groups in total. The van der Waals surface area contributed by atoms with E-state index in [0.29, 0.717) is 18.8 Å². The van der Waals surface area contributed by atoms with E-state index in [1.807, 2.05) is 0 Å². The van der Waals surface area contributed by atoms with Crippen LogP contribution in [0.4, 0.5) is 0 Å². The Morgan fingerprint density at radius 3 is 2.29 bits per heavy atom. The van der Waals surface area contributed by atoms with Crippen molar-refractivity contribution in [2.24, 2.45) is 0 Å². The quantitative estimate of drug-likeness (QED) is 0.612. The van der Waals surface area contributed by atoms with Gasteiger partial charge in [-0.25, -0.2) is 0 Å². The lowest BCUT2D eigenvalue weighted by atomic mass is 9.84. The molecule has 0 saturated carbocycles. The Kier molecular flexibility index (Phi) is 6.14. The number of nitrogens with zero attached hydrogens (tertiary/aromatic N) is 1. The normalized spacial score (nSPS) is 17.6. The van der Waals surface area contributed by atoms with Gasteiger partial charge in [0.05, 0.1) is 5.54 Å². The minimum Gasteiger partial charge on any atom is -0.385 e. The first-order chi connectivity index (χ1) is 8.21. The summed E-state index contributed by atoms with van der Waals surface area (Å²) in [5.41, 5.74) is -0.190. The fourth-order valence-electron chi connectivity index (χ4n) is 3.02. The maximum atomic E-state index is 12.5. The summed E-state index contributed by atoms with van der Waals surface area (Å²) in [6.07, 6.45) is 5.88. The van der Waals surface area contributed by atoms with Crippen LogP contribution in [-0.2, 0) is 9.53 Å². The highest BCUT2D eigenvalue weighted by molar-refractivity contribution is 5.88. The number of ketones is 1. The summed E-state index contributed by atoms with van der Waals surface area (Å²) in [4.78, 5) is 14.9. The number of carbonyl (C=O) groups excluding carboxylic acids is 1. The van der Waals surface area contributed by atoms with E-state index in [9.17, 15) is 4.79 Å². The van der Waals surface area contributed by atoms with Gasteiger partial charge in [0.2, 0.25) is 0 Å². The van der Waals surface area contributed by atoms with Crippen molar-refractivity contribution in [3.8, 4) is 0 Å². The van der Waals surface area contributed by atoms with Crippen LogP contribution in [0.15, 0.2) is 0 Å². The van der Waals surface area contributed by atoms with Crippen LogP contribution in [0.5, 0.6) is 0 Å². The standard InChI is InChI=1S/C14H27NO2/c1-4-14(5-2,15-10-6-7-11-15)13(16)9-8-12-17-3/h4-12H2,1-3H3. The van der Waals surface area contributed by atoms with Crippen molar-refractivity contribution in [3.05, 3.63) is 0 Å². The lowest BCUT2D eigenvalue weighted by Crippen LogP contribution is -2.52. The van der Waals surface area contributed by atoms with Crippen molar-refractivity contribution in [1.29, 1.82) is 0 Å². The van der Waals surface area contributed by atoms with Crippen LogP contribution >= 0.6 is 0 Å². The first-order valence-electron chi connectivity index (χ1n) is 6.98. The number of rotatable bonds is 8. The molecule has 0 aromatic heterocycles. The average molecular weight is 241 g/mol. The summed E-state index contributed by atoms with van der Waals surface area (Å²) in [5, 5.41) is 0. The Bertz CT molecular complexity index is 230. The van der Waals surface area contributed by atoms with E-state index in [1.54, 1.807) is 7.11 Å². The Labute approximate surface area is 106 Å². The van der Waals surface area contributed by atoms with Crippen LogP contribution < -0.4 is 0 Å². The van der Waals surface area contributed by atoms with Gasteiger partial charge in [0.1, 0.15) is 0 Å². The molecule has 0 aromatic rings. The van der Waals surface area contributed by atoms with Gasteiger partial charge >= 0.3 is 0 Å². The van der Waals surface area contributed by atoms with Gasteiger partial charge in [-0.3, -0.25) is 9.69 Å². The van der Waals surface area contributed by atoms with Crippen molar-refractivity contribution < 1.29 is 9.53 Å². The summed E-state index contributed by atoms with van der Waals surface area (Å²) in [6, 6.07) is 0. The summed E-state index contributed by atoms with van der Waals surface area (Å²) in [7, 11) is 1.69. The Balaban J connectivity index is 2.64. The van der Waals surface area contributed by atoms with Gasteiger partial charge in [-0.1, -0.05) is 13.8 Å². The van der Waals surface area contributed by atoms with E-state index >= 15 is 0 Å². The molecule has 1 aliphatic rings. The topological polar surface area (TPSA) is 29.5 Å². The molecule has 1 heterocycles. The van der Waals surface area contributed by atoms with Crippen LogP contribution in [-0.4, -0.2) is 43.0 Å². The number of Topliss-reactive ketones (excluding diaryl/α,β-unsaturated/α-hetero) is 1. The average Bonchev–Trinajstić information content (AvgIpc) is 2.86. The van der Waals surface area contributed by atoms with Crippen molar-refractivity contribution in [3.63, 3.8) is 0 Å². The van der Waals surface area contributed by atoms with E-state index in [1.165, 1.54) is 12.8 Å². The highest BCUT2D eigenvalue weighted by Gasteiger charge is 2.40. The summed E-state index contributed by atoms with van der Waals surface area (Å²) in [5.74, 6) is 0.418. The van der Waals surface area contributed by atoms with Gasteiger partial charge in [0, 0.05) is 20.1 Å². The summed E-state index contributed by atoms with van der Waals surface area (Å²) < 4.78 is 5.03. The third kappa shape index (κ3) is 3.29. The monoisotopic (exact) mass is 241 g/mol. The fraction of sp³-hybridized carbons (Fsp3) is 0.929. The van der Waals surface area contributed by atoms with Crippen LogP contribution in [0.1, 0.15) is 52.4 Å². The minimum absolute atomic E-state index is 0.190. The highest BCUT2D eigenvalue weighted by Crippen LogP contribution is 2.30. The molecule has 17 heavy (non-hydrogen) atoms. The molecule has 100 valence electrons. The lowest BCUT2D eigenvalue weighted by Gasteiger charge is -2.39. The van der Waals surface area contributed by atoms with Crippen molar-refractivity contribution in [2.45, 2.75) is 57.9 Å². The molecule has 0 radical (unpaired) electrons. The molecular formula is C14H27NO2. The fourth-order valence-corrected chi connectivity index (χ4v) is 3.02. The first-order valence-corrected chi connectivity index (χ1v) is 6.98. The molecule has 0 atom stereocenters. The van der Waals surface area contributed by atoms with E-state index in [2.05, 4.69) is 18.7 Å². The lowest BCUT2D eigenvalue weighted by molar-refractivity contribution is -0.131. The zero-order valence-electron chi connectivity index (χ0n) is 11.6. The zero-order valence-corrected chi connectivity index (χ0v) is 11.6. The zero-order chi connectivity index (χ0) is 12.7. The minimum atomic E-state index is -0.190. The first kappa shape index (κ1) is 14.7. The number of hydrogen-bond acceptors (Lipinski definition) is 3. The van der Waals surface area contributed by atoms with Gasteiger partial charge in [-0.05, 0) is 45.2 Å². The van der Waals surface area contributed by atoms with Crippen molar-refractivity contribution >= 4 is 5.78 Å². The van der Waals surface area contributed by atoms with E-state index in [0.717, 1.165) is 32.4 Å². The van der Waals surface area contributed by atoms with E-state index in [-0.39, 0.29) is 5.54 Å². The van der Waals surface area contributed by atoms with Crippen LogP contribution in [0.2, 0.25) is 0 Å². The van der Waals surface area contributed by atoms with Gasteiger partial charge in [0.25, 0.3) is 0 Å². The maximum absolute atomic E-state index is 12.5. The van der Waals surface area contributed by atoms with E-state index in [4.69, 9.17) is 4.74 Å². The van der Waals surface area contributed by atoms with Crippen LogP contribution in [0.3, 0.4) is 0 Å². The smallest absolute Gasteiger partial charge is 0.153 e. The summed E-state index contributed by atoms with van der Waals surface area (Å²) in [6.45, 7) is 7.18. The van der Waals surface area contributed by atoms with Crippen LogP contribution in [0, 0.1) is 0 Å². The predicted molar refractivity (Wildman–Crippen MR) is 70.2 cm³/mol. The second kappa shape index (κ2) is 7.12. The number of carbonyl (C=O) groups is 1. The predicted octanol–water partition coefficient (Wildman–Crippen LogP) is 2.64. The van der Waals surface area contributed by atoms with Gasteiger partial charge in [0.15, 0.2) is 5.78 Å². The molecule has 1 aliphatic heterocycles. The molecule has 0 aliphatic carbocycles. The molecule has 0 aromatic carbocycles. The Morgan fingerprint density at radius 1 is 1.24 bits per heavy atom. The number of hydrogen-bond donors (Lipinski definition) is 0. The molecule has 3 heteroatoms. The second-order valence-electron chi connectivity index (χ2n) is 4.95. The van der Waals surface area contributed by atoms with Crippen molar-refractivity contribution in [1.82, 2.24) is 4.90 Å². The molecule has 0 amide bonds. The molecule has 1 rings (SSSR count). The molecule has 1 saturated heterocycles. The van der Waals surface area contributed by atoms with Gasteiger partial charge < -0.3 is 4.74 Å². The van der Waals surface area contributed by atoms with Crippen molar-refractivity contribution in [2.75, 3.05) is 26.8 Å². The van der Waals surface area contributed by atoms with Gasteiger partial charge in [-0.2, -0.15) is 0 Å². The summed E-state index contributed by atoms with van der Waals surface area (Å²) >= 11 is 0. The number of methoxy groups -OCH3 is 1. The van der Waals surface area contributed by atoms with Gasteiger partial charge in [-0.15, -0.1) is 0 Å². The highest BCUT2D eigenvalue weighted by atomic mass is 16.5. The third-order valence-electron chi connectivity index (χ3n) is 4.15. The van der Waals surface area contributed by atoms with E-state index < -0.39 is 0 Å². The maximum Gasteiger partial charge on any atom is 0.153 e. The molecular weight excluding hydrogens is 214 g/mol. The van der Waals surface area contributed by atoms with Crippen LogP contribution in [0.25, 0.3) is 0 Å². The number of likely N-dealkylation sites (tertiary alicyclic amines) is 1. The molecule has 0 unspecified atom stereocenters. The molecule has 0 spiro atoms. The molecule has 0 bridgehead atoms.